The summed E-state index contributed by atoms with van der Waals surface area (Å²) in [4.78, 5) is 23.2. The van der Waals surface area contributed by atoms with Crippen molar-refractivity contribution < 1.29 is 4.90 Å². The van der Waals surface area contributed by atoms with E-state index in [2.05, 4.69) is 18.1 Å². The molecule has 2 aromatic heterocycles. The Bertz CT molecular complexity index is 1140. The summed E-state index contributed by atoms with van der Waals surface area (Å²) in [6, 6.07) is 19.8. The second-order valence-electron chi connectivity index (χ2n) is 6.65. The lowest BCUT2D eigenvalue weighted by Crippen LogP contribution is -3.06. The van der Waals surface area contributed by atoms with Crippen LogP contribution in [0.2, 0.25) is 5.02 Å². The molecule has 0 aliphatic heterocycles. The van der Waals surface area contributed by atoms with E-state index in [0.29, 0.717) is 17.8 Å². The lowest BCUT2D eigenvalue weighted by Gasteiger charge is -2.13. The van der Waals surface area contributed by atoms with Crippen LogP contribution in [0.1, 0.15) is 11.4 Å². The summed E-state index contributed by atoms with van der Waals surface area (Å²) in [5.74, 6) is 0.702. The summed E-state index contributed by atoms with van der Waals surface area (Å²) in [6.07, 6.45) is 0. The van der Waals surface area contributed by atoms with Crippen LogP contribution < -0.4 is 10.5 Å². The third kappa shape index (κ3) is 4.11. The van der Waals surface area contributed by atoms with Gasteiger partial charge in [0.05, 0.1) is 12.4 Å². The van der Waals surface area contributed by atoms with Gasteiger partial charge in [0.25, 0.3) is 5.56 Å². The highest BCUT2D eigenvalue weighted by Gasteiger charge is 2.13. The van der Waals surface area contributed by atoms with Crippen molar-refractivity contribution in [2.45, 2.75) is 13.1 Å². The van der Waals surface area contributed by atoms with Crippen LogP contribution in [-0.4, -0.2) is 17.0 Å². The monoisotopic (exact) mass is 396 g/mol. The van der Waals surface area contributed by atoms with Crippen molar-refractivity contribution in [2.24, 2.45) is 0 Å². The maximum absolute atomic E-state index is 12.5. The fourth-order valence-electron chi connectivity index (χ4n) is 3.15. The van der Waals surface area contributed by atoms with E-state index in [4.69, 9.17) is 16.6 Å². The van der Waals surface area contributed by atoms with Gasteiger partial charge in [-0.1, -0.05) is 54.1 Å². The molecule has 1 unspecified atom stereocenters. The largest absolute Gasteiger partial charge is 0.327 e. The minimum Gasteiger partial charge on any atom is -0.327 e. The van der Waals surface area contributed by atoms with Crippen molar-refractivity contribution >= 4 is 33.2 Å². The minimum absolute atomic E-state index is 0.0796. The number of quaternary nitrogens is 1. The smallest absolute Gasteiger partial charge is 0.259 e. The van der Waals surface area contributed by atoms with E-state index in [9.17, 15) is 4.79 Å². The van der Waals surface area contributed by atoms with Crippen molar-refractivity contribution in [3.05, 3.63) is 87.4 Å². The number of nitrogens with zero attached hydrogens (tertiary/aromatic N) is 1. The van der Waals surface area contributed by atoms with E-state index in [0.717, 1.165) is 32.4 Å². The van der Waals surface area contributed by atoms with E-state index in [1.54, 1.807) is 11.3 Å². The van der Waals surface area contributed by atoms with E-state index < -0.39 is 0 Å². The molecule has 0 amide bonds. The maximum Gasteiger partial charge on any atom is 0.259 e. The molecule has 0 aliphatic rings. The first kappa shape index (κ1) is 17.9. The van der Waals surface area contributed by atoms with E-state index in [1.165, 1.54) is 4.90 Å². The zero-order valence-electron chi connectivity index (χ0n) is 14.8. The fraction of sp³-hybridized carbons (Fsp3) is 0.143. The second kappa shape index (κ2) is 7.64. The van der Waals surface area contributed by atoms with Crippen LogP contribution in [0.15, 0.2) is 65.5 Å². The number of hydrogen-bond acceptors (Lipinski definition) is 3. The first-order valence-corrected chi connectivity index (χ1v) is 9.92. The third-order valence-corrected chi connectivity index (χ3v) is 5.69. The second-order valence-corrected chi connectivity index (χ2v) is 8.12. The molecule has 0 saturated carbocycles. The predicted molar refractivity (Wildman–Crippen MR) is 111 cm³/mol. The first-order valence-electron chi connectivity index (χ1n) is 8.72. The molecule has 4 rings (SSSR count). The number of benzene rings is 2. The number of halogens is 1. The van der Waals surface area contributed by atoms with Gasteiger partial charge in [0.1, 0.15) is 17.9 Å². The minimum atomic E-state index is -0.0796. The molecule has 0 bridgehead atoms. The third-order valence-electron chi connectivity index (χ3n) is 4.37. The number of rotatable bonds is 5. The van der Waals surface area contributed by atoms with Gasteiger partial charge in [0, 0.05) is 15.5 Å². The average Bonchev–Trinajstić information content (AvgIpc) is 3.07. The Morgan fingerprint density at radius 3 is 2.67 bits per heavy atom. The number of H-pyrrole nitrogens is 1. The SMILES string of the molecule is C[NH+](Cc1cccc(Cl)c1)Cc1nc2sc(-c3ccccc3)cc2c(=O)[nH]1. The van der Waals surface area contributed by atoms with Crippen LogP contribution in [-0.2, 0) is 13.1 Å². The Kier molecular flexibility index (Phi) is 5.07. The van der Waals surface area contributed by atoms with E-state index >= 15 is 0 Å². The van der Waals surface area contributed by atoms with Gasteiger partial charge in [-0.15, -0.1) is 11.3 Å². The summed E-state index contributed by atoms with van der Waals surface area (Å²) in [7, 11) is 2.08. The number of thiophene rings is 1. The number of aromatic amines is 1. The molecule has 1 atom stereocenters. The standard InChI is InChI=1S/C21H18ClN3OS/c1-25(12-14-6-5-9-16(22)10-14)13-19-23-20(26)17-11-18(27-21(17)24-19)15-7-3-2-4-8-15/h2-11H,12-13H2,1H3,(H,23,24,26)/p+1. The van der Waals surface area contributed by atoms with Gasteiger partial charge in [-0.3, -0.25) is 4.79 Å². The van der Waals surface area contributed by atoms with Crippen LogP contribution in [0.5, 0.6) is 0 Å². The molecule has 6 heteroatoms. The number of fused-ring (bicyclic) bond motifs is 1. The lowest BCUT2D eigenvalue weighted by atomic mass is 10.2. The fourth-order valence-corrected chi connectivity index (χ4v) is 4.42. The Morgan fingerprint density at radius 1 is 1.07 bits per heavy atom. The van der Waals surface area contributed by atoms with Crippen LogP contribution in [0.25, 0.3) is 20.7 Å². The first-order chi connectivity index (χ1) is 13.1. The quantitative estimate of drug-likeness (QED) is 0.542. The molecule has 0 aliphatic carbocycles. The van der Waals surface area contributed by atoms with Crippen molar-refractivity contribution in [1.82, 2.24) is 9.97 Å². The molecule has 2 N–H and O–H groups in total. The molecule has 0 radical (unpaired) electrons. The van der Waals surface area contributed by atoms with Crippen molar-refractivity contribution in [2.75, 3.05) is 7.05 Å². The topological polar surface area (TPSA) is 50.2 Å². The molecule has 4 nitrogen and oxygen atoms in total. The number of hydrogen-bond donors (Lipinski definition) is 2. The predicted octanol–water partition coefficient (Wildman–Crippen LogP) is 3.52. The van der Waals surface area contributed by atoms with Crippen LogP contribution >= 0.6 is 22.9 Å². The lowest BCUT2D eigenvalue weighted by molar-refractivity contribution is -0.908. The van der Waals surface area contributed by atoms with E-state index in [-0.39, 0.29) is 5.56 Å². The van der Waals surface area contributed by atoms with Gasteiger partial charge in [0.2, 0.25) is 0 Å². The summed E-state index contributed by atoms with van der Waals surface area (Å²) in [6.45, 7) is 1.44. The molecule has 0 spiro atoms. The maximum atomic E-state index is 12.5. The zero-order valence-corrected chi connectivity index (χ0v) is 16.4. The molecule has 0 fully saturated rings. The van der Waals surface area contributed by atoms with Crippen LogP contribution in [0, 0.1) is 0 Å². The molecule has 2 heterocycles. The molecule has 2 aromatic carbocycles. The summed E-state index contributed by atoms with van der Waals surface area (Å²) in [5.41, 5.74) is 2.18. The van der Waals surface area contributed by atoms with Crippen molar-refractivity contribution in [3.8, 4) is 10.4 Å². The van der Waals surface area contributed by atoms with Gasteiger partial charge in [-0.05, 0) is 23.8 Å². The normalized spacial score (nSPS) is 12.4. The molecule has 27 heavy (non-hydrogen) atoms. The average molecular weight is 397 g/mol. The van der Waals surface area contributed by atoms with Gasteiger partial charge < -0.3 is 9.88 Å². The van der Waals surface area contributed by atoms with Gasteiger partial charge >= 0.3 is 0 Å². The Balaban J connectivity index is 1.58. The molecular weight excluding hydrogens is 378 g/mol. The Morgan fingerprint density at radius 2 is 1.89 bits per heavy atom. The summed E-state index contributed by atoms with van der Waals surface area (Å²) < 4.78 is 0. The summed E-state index contributed by atoms with van der Waals surface area (Å²) >= 11 is 7.61. The highest BCUT2D eigenvalue weighted by atomic mass is 35.5. The van der Waals surface area contributed by atoms with Gasteiger partial charge in [-0.2, -0.15) is 0 Å². The van der Waals surface area contributed by atoms with Gasteiger partial charge in [0.15, 0.2) is 5.82 Å². The highest BCUT2D eigenvalue weighted by Crippen LogP contribution is 2.30. The number of aromatic nitrogens is 2. The van der Waals surface area contributed by atoms with E-state index in [1.807, 2.05) is 54.6 Å². The van der Waals surface area contributed by atoms with Crippen LogP contribution in [0.3, 0.4) is 0 Å². The van der Waals surface area contributed by atoms with Crippen LogP contribution in [0.4, 0.5) is 0 Å². The van der Waals surface area contributed by atoms with Crippen molar-refractivity contribution in [1.29, 1.82) is 0 Å². The molecule has 136 valence electrons. The Labute approximate surface area is 166 Å². The summed E-state index contributed by atoms with van der Waals surface area (Å²) in [5, 5.41) is 1.38. The van der Waals surface area contributed by atoms with Crippen molar-refractivity contribution in [3.63, 3.8) is 0 Å². The molecule has 0 saturated heterocycles. The Hall–Kier alpha value is -2.47. The molecular formula is C21H19ClN3OS+. The van der Waals surface area contributed by atoms with Gasteiger partial charge in [-0.25, -0.2) is 4.98 Å². The highest BCUT2D eigenvalue weighted by molar-refractivity contribution is 7.21. The zero-order chi connectivity index (χ0) is 18.8. The molecule has 4 aromatic rings. The number of nitrogens with one attached hydrogen (secondary N) is 2.